The minimum Gasteiger partial charge on any atom is -0.395 e. The number of hydrogen-bond donors (Lipinski definition) is 1. The van der Waals surface area contributed by atoms with Crippen molar-refractivity contribution < 1.29 is 14.7 Å². The predicted octanol–water partition coefficient (Wildman–Crippen LogP) is 0.991. The normalized spacial score (nSPS) is 9.88. The summed E-state index contributed by atoms with van der Waals surface area (Å²) >= 11 is 0. The largest absolute Gasteiger partial charge is 0.395 e. The van der Waals surface area contributed by atoms with Crippen LogP contribution in [0.25, 0.3) is 0 Å². The minimum absolute atomic E-state index is 0.126. The zero-order valence-electron chi connectivity index (χ0n) is 9.22. The van der Waals surface area contributed by atoms with Gasteiger partial charge in [0.15, 0.2) is 0 Å². The zero-order chi connectivity index (χ0) is 12.0. The molecule has 16 heavy (non-hydrogen) atoms. The van der Waals surface area contributed by atoms with Crippen LogP contribution in [0, 0.1) is 0 Å². The number of nitrogens with zero attached hydrogens (tertiary/aromatic N) is 1. The molecule has 0 aliphatic rings. The van der Waals surface area contributed by atoms with E-state index in [4.69, 9.17) is 5.11 Å². The molecule has 0 bridgehead atoms. The van der Waals surface area contributed by atoms with Crippen LogP contribution < -0.4 is 4.90 Å². The van der Waals surface area contributed by atoms with E-state index in [2.05, 4.69) is 0 Å². The maximum Gasteiger partial charge on any atom is 0.234 e. The fourth-order valence-electron chi connectivity index (χ4n) is 1.41. The number of benzene rings is 1. The van der Waals surface area contributed by atoms with Gasteiger partial charge in [0.25, 0.3) is 0 Å². The minimum atomic E-state index is -0.284. The van der Waals surface area contributed by atoms with Crippen LogP contribution in [-0.4, -0.2) is 29.9 Å². The molecule has 1 amide bonds. The van der Waals surface area contributed by atoms with E-state index in [0.717, 1.165) is 0 Å². The van der Waals surface area contributed by atoms with Gasteiger partial charge >= 0.3 is 0 Å². The lowest BCUT2D eigenvalue weighted by molar-refractivity contribution is -0.125. The Morgan fingerprint density at radius 3 is 2.38 bits per heavy atom. The molecule has 0 aromatic heterocycles. The summed E-state index contributed by atoms with van der Waals surface area (Å²) in [6, 6.07) is 9.00. The van der Waals surface area contributed by atoms with Crippen molar-refractivity contribution in [3.05, 3.63) is 30.3 Å². The number of aliphatic hydroxyl groups excluding tert-OH is 1. The first kappa shape index (κ1) is 12.4. The number of carbonyl (C=O) groups excluding carboxylic acids is 2. The number of para-hydroxylation sites is 1. The van der Waals surface area contributed by atoms with E-state index < -0.39 is 0 Å². The Morgan fingerprint density at radius 2 is 1.88 bits per heavy atom. The molecule has 4 nitrogen and oxygen atoms in total. The number of Topliss-reactive ketones (excluding diaryl/α,β-unsaturated/α-hetero) is 1. The Hall–Kier alpha value is -1.68. The SMILES string of the molecule is CC(=O)CC(=O)N(CCO)c1ccccc1. The summed E-state index contributed by atoms with van der Waals surface area (Å²) in [7, 11) is 0. The highest BCUT2D eigenvalue weighted by Crippen LogP contribution is 2.14. The molecule has 0 unspecified atom stereocenters. The topological polar surface area (TPSA) is 57.6 Å². The zero-order valence-corrected chi connectivity index (χ0v) is 9.22. The molecular weight excluding hydrogens is 206 g/mol. The van der Waals surface area contributed by atoms with Gasteiger partial charge in [0, 0.05) is 12.2 Å². The number of hydrogen-bond acceptors (Lipinski definition) is 3. The molecule has 0 atom stereocenters. The molecular formula is C12H15NO3. The number of ketones is 1. The molecule has 0 spiro atoms. The van der Waals surface area contributed by atoms with Crippen molar-refractivity contribution in [2.24, 2.45) is 0 Å². The molecule has 0 fully saturated rings. The monoisotopic (exact) mass is 221 g/mol. The number of aliphatic hydroxyl groups is 1. The fourth-order valence-corrected chi connectivity index (χ4v) is 1.41. The second kappa shape index (κ2) is 6.02. The van der Waals surface area contributed by atoms with E-state index >= 15 is 0 Å². The lowest BCUT2D eigenvalue weighted by atomic mass is 10.2. The van der Waals surface area contributed by atoms with E-state index in [-0.39, 0.29) is 31.3 Å². The molecule has 1 rings (SSSR count). The van der Waals surface area contributed by atoms with Crippen LogP contribution in [0.3, 0.4) is 0 Å². The summed E-state index contributed by atoms with van der Waals surface area (Å²) in [6.07, 6.45) is -0.130. The quantitative estimate of drug-likeness (QED) is 0.754. The third kappa shape index (κ3) is 3.47. The molecule has 0 radical (unpaired) electrons. The molecule has 4 heteroatoms. The maximum atomic E-state index is 11.7. The maximum absolute atomic E-state index is 11.7. The van der Waals surface area contributed by atoms with E-state index in [1.54, 1.807) is 24.3 Å². The van der Waals surface area contributed by atoms with Crippen molar-refractivity contribution in [3.63, 3.8) is 0 Å². The summed E-state index contributed by atoms with van der Waals surface area (Å²) in [5, 5.41) is 8.90. The number of anilines is 1. The van der Waals surface area contributed by atoms with Crippen LogP contribution in [-0.2, 0) is 9.59 Å². The van der Waals surface area contributed by atoms with Crippen LogP contribution in [0.1, 0.15) is 13.3 Å². The van der Waals surface area contributed by atoms with E-state index in [1.807, 2.05) is 6.07 Å². The highest BCUT2D eigenvalue weighted by Gasteiger charge is 2.16. The Bertz CT molecular complexity index is 362. The van der Waals surface area contributed by atoms with Crippen LogP contribution in [0.5, 0.6) is 0 Å². The summed E-state index contributed by atoms with van der Waals surface area (Å²) in [6.45, 7) is 1.45. The summed E-state index contributed by atoms with van der Waals surface area (Å²) in [4.78, 5) is 24.0. The molecule has 1 aromatic rings. The molecule has 0 heterocycles. The van der Waals surface area contributed by atoms with Gasteiger partial charge in [-0.1, -0.05) is 18.2 Å². The smallest absolute Gasteiger partial charge is 0.234 e. The third-order valence-corrected chi connectivity index (χ3v) is 2.09. The summed E-state index contributed by atoms with van der Waals surface area (Å²) in [5.74, 6) is -0.461. The lowest BCUT2D eigenvalue weighted by Gasteiger charge is -2.21. The van der Waals surface area contributed by atoms with Gasteiger partial charge in [-0.3, -0.25) is 9.59 Å². The first-order valence-electron chi connectivity index (χ1n) is 5.11. The van der Waals surface area contributed by atoms with Crippen LogP contribution in [0.2, 0.25) is 0 Å². The van der Waals surface area contributed by atoms with Gasteiger partial charge in [-0.2, -0.15) is 0 Å². The van der Waals surface area contributed by atoms with Crippen LogP contribution >= 0.6 is 0 Å². The lowest BCUT2D eigenvalue weighted by Crippen LogP contribution is -2.34. The molecule has 0 aliphatic heterocycles. The van der Waals surface area contributed by atoms with Crippen molar-refractivity contribution >= 4 is 17.4 Å². The van der Waals surface area contributed by atoms with Crippen LogP contribution in [0.4, 0.5) is 5.69 Å². The third-order valence-electron chi connectivity index (χ3n) is 2.09. The summed E-state index contributed by atoms with van der Waals surface area (Å²) < 4.78 is 0. The summed E-state index contributed by atoms with van der Waals surface area (Å²) in [5.41, 5.74) is 0.697. The van der Waals surface area contributed by atoms with Gasteiger partial charge < -0.3 is 10.0 Å². The van der Waals surface area contributed by atoms with Crippen LogP contribution in [0.15, 0.2) is 30.3 Å². The standard InChI is InChI=1S/C12H15NO3/c1-10(15)9-12(16)13(7-8-14)11-5-3-2-4-6-11/h2-6,14H,7-9H2,1H3. The highest BCUT2D eigenvalue weighted by molar-refractivity contribution is 6.04. The van der Waals surface area contributed by atoms with E-state index in [9.17, 15) is 9.59 Å². The fraction of sp³-hybridized carbons (Fsp3) is 0.333. The van der Waals surface area contributed by atoms with Crippen molar-refractivity contribution in [2.75, 3.05) is 18.1 Å². The molecule has 0 saturated carbocycles. The Morgan fingerprint density at radius 1 is 1.25 bits per heavy atom. The molecule has 0 saturated heterocycles. The van der Waals surface area contributed by atoms with Crippen molar-refractivity contribution in [2.45, 2.75) is 13.3 Å². The van der Waals surface area contributed by atoms with E-state index in [0.29, 0.717) is 5.69 Å². The first-order chi connectivity index (χ1) is 7.65. The molecule has 1 N–H and O–H groups in total. The first-order valence-corrected chi connectivity index (χ1v) is 5.11. The van der Waals surface area contributed by atoms with Gasteiger partial charge in [0.1, 0.15) is 5.78 Å². The van der Waals surface area contributed by atoms with Gasteiger partial charge in [-0.15, -0.1) is 0 Å². The Balaban J connectivity index is 2.82. The van der Waals surface area contributed by atoms with Crippen molar-refractivity contribution in [1.29, 1.82) is 0 Å². The molecule has 1 aromatic carbocycles. The van der Waals surface area contributed by atoms with Crippen molar-refractivity contribution in [1.82, 2.24) is 0 Å². The second-order valence-electron chi connectivity index (χ2n) is 3.48. The van der Waals surface area contributed by atoms with Gasteiger partial charge in [-0.05, 0) is 19.1 Å². The molecule has 86 valence electrons. The van der Waals surface area contributed by atoms with Gasteiger partial charge in [0.2, 0.25) is 5.91 Å². The highest BCUT2D eigenvalue weighted by atomic mass is 16.3. The number of carbonyl (C=O) groups is 2. The van der Waals surface area contributed by atoms with Crippen molar-refractivity contribution in [3.8, 4) is 0 Å². The Labute approximate surface area is 94.5 Å². The Kier molecular flexibility index (Phi) is 4.66. The number of rotatable bonds is 5. The van der Waals surface area contributed by atoms with Gasteiger partial charge in [0.05, 0.1) is 13.0 Å². The molecule has 0 aliphatic carbocycles. The second-order valence-corrected chi connectivity index (χ2v) is 3.48. The number of amides is 1. The average Bonchev–Trinajstić information content (AvgIpc) is 2.26. The predicted molar refractivity (Wildman–Crippen MR) is 61.2 cm³/mol. The van der Waals surface area contributed by atoms with Gasteiger partial charge in [-0.25, -0.2) is 0 Å². The van der Waals surface area contributed by atoms with E-state index in [1.165, 1.54) is 11.8 Å². The average molecular weight is 221 g/mol.